The van der Waals surface area contributed by atoms with Gasteiger partial charge >= 0.3 is 0 Å². The van der Waals surface area contributed by atoms with Crippen LogP contribution in [0.1, 0.15) is 100 Å². The third-order valence-electron chi connectivity index (χ3n) is 29.0. The van der Waals surface area contributed by atoms with Gasteiger partial charge in [-0.2, -0.15) is 0 Å². The molecule has 622 valence electrons. The van der Waals surface area contributed by atoms with Gasteiger partial charge in [-0.15, -0.1) is 0 Å². The lowest BCUT2D eigenvalue weighted by Crippen LogP contribution is -2.56. The van der Waals surface area contributed by atoms with Crippen molar-refractivity contribution in [3.8, 4) is 22.7 Å². The number of fused-ring (bicyclic) bond motifs is 20. The second kappa shape index (κ2) is 29.7. The van der Waals surface area contributed by atoms with E-state index in [4.69, 9.17) is 8.83 Å². The summed E-state index contributed by atoms with van der Waals surface area (Å²) in [5.74, 6) is 0. The predicted octanol–water partition coefficient (Wildman–Crippen LogP) is 25.0. The molecule has 0 atom stereocenters. The van der Waals surface area contributed by atoms with Gasteiger partial charge in [-0.3, -0.25) is 0 Å². The maximum absolute atomic E-state index is 6.89. The number of para-hydroxylation sites is 4. The van der Waals surface area contributed by atoms with E-state index in [9.17, 15) is 0 Å². The molecule has 0 radical (unpaired) electrons. The Morgan fingerprint density at radius 1 is 0.171 bits per heavy atom. The summed E-state index contributed by atoms with van der Waals surface area (Å²) < 4.78 is 24.0. The van der Waals surface area contributed by atoms with Crippen LogP contribution in [0.2, 0.25) is 0 Å². The fourth-order valence-corrected chi connectivity index (χ4v) is 24.7. The fourth-order valence-electron chi connectivity index (χ4n) is 24.7. The van der Waals surface area contributed by atoms with Crippen LogP contribution in [-0.2, 0) is 0 Å². The number of aromatic nitrogens is 4. The lowest BCUT2D eigenvalue weighted by molar-refractivity contribution is 0.668. The van der Waals surface area contributed by atoms with Gasteiger partial charge in [0, 0.05) is 87.4 Å². The van der Waals surface area contributed by atoms with Gasteiger partial charge in [0.2, 0.25) is 20.1 Å². The quantitative estimate of drug-likeness (QED) is 0.108. The number of furan rings is 2. The highest BCUT2D eigenvalue weighted by atomic mass is 16.3. The first-order chi connectivity index (χ1) is 62.4. The van der Waals surface area contributed by atoms with E-state index in [1.165, 1.54) is 192 Å². The highest BCUT2D eigenvalue weighted by molar-refractivity contribution is 6.98. The van der Waals surface area contributed by atoms with Crippen molar-refractivity contribution in [2.45, 2.75) is 125 Å². The smallest absolute Gasteiger partial charge is 0.242 e. The number of hydrogen-bond acceptors (Lipinski definition) is 2. The molecule has 0 N–H and O–H groups in total. The Morgan fingerprint density at radius 2 is 0.388 bits per heavy atom. The summed E-state index contributed by atoms with van der Waals surface area (Å²) in [6.45, 7) is 40.9. The summed E-state index contributed by atoms with van der Waals surface area (Å²) >= 11 is 0. The lowest BCUT2D eigenvalue weighted by atomic mass is 9.34. The molecule has 9 heteroatoms. The standard InChI is InChI=1S/C120H101B3N4O2/c1-66-47-72(7)115(73(8)48-66)121(116-74(9)49-67(2)50-75(116)10)84-35-43-107-95(61-84)97-64-87(37-45-109(97)128-107)124-99-31-23-19-27-91(99)111-103(124)39-41-105-113(111)93-29-21-25-33-101(93)126(105)89-59-86(123(119-80(15)55-70(5)56-81(119)16)120-82(17)57-71(6)58-83(120)18)60-90(63-89)127-102-34-26-22-30-94(102)114-106(127)42-40-104-112(114)92-28-20-24-32-100(92)125(104)88-38-46-110-98(65-88)96-62-85(36-44-108(96)129-110)122(117-76(11)51-68(3)52-77(117)12)118-78(13)53-69(4)54-79(118)14/h19-65H,1-18H3. The lowest BCUT2D eigenvalue weighted by Gasteiger charge is -2.26. The van der Waals surface area contributed by atoms with Crippen molar-refractivity contribution in [1.29, 1.82) is 0 Å². The molecule has 0 amide bonds. The number of rotatable bonds is 13. The van der Waals surface area contributed by atoms with Crippen LogP contribution in [0.5, 0.6) is 0 Å². The van der Waals surface area contributed by atoms with Gasteiger partial charge in [-0.25, -0.2) is 0 Å². The second-order valence-electron chi connectivity index (χ2n) is 38.2. The van der Waals surface area contributed by atoms with E-state index in [2.05, 4.69) is 428 Å². The van der Waals surface area contributed by atoms with E-state index < -0.39 is 0 Å². The Kier molecular flexibility index (Phi) is 18.3. The minimum atomic E-state index is -0.151. The molecule has 0 aliphatic heterocycles. The Balaban J connectivity index is 0.736. The summed E-state index contributed by atoms with van der Waals surface area (Å²) in [5, 5.41) is 14.0. The summed E-state index contributed by atoms with van der Waals surface area (Å²) in [6, 6.07) is 110. The highest BCUT2D eigenvalue weighted by Gasteiger charge is 2.36. The van der Waals surface area contributed by atoms with Crippen molar-refractivity contribution in [3.63, 3.8) is 0 Å². The molecule has 0 aliphatic carbocycles. The van der Waals surface area contributed by atoms with Crippen LogP contribution in [0.25, 0.3) is 154 Å². The average Bonchev–Trinajstić information content (AvgIpc) is 1.54. The summed E-state index contributed by atoms with van der Waals surface area (Å²) in [4.78, 5) is 0. The van der Waals surface area contributed by atoms with Gasteiger partial charge in [0.05, 0.1) is 44.1 Å². The fraction of sp³-hybridized carbons (Fsp3) is 0.150. The molecule has 0 aliphatic rings. The molecule has 23 rings (SSSR count). The van der Waals surface area contributed by atoms with Crippen molar-refractivity contribution in [3.05, 3.63) is 385 Å². The summed E-state index contributed by atoms with van der Waals surface area (Å²) in [5.41, 5.74) is 52.0. The van der Waals surface area contributed by atoms with Gasteiger partial charge in [0.15, 0.2) is 0 Å². The van der Waals surface area contributed by atoms with Crippen LogP contribution in [0.4, 0.5) is 0 Å². The van der Waals surface area contributed by atoms with E-state index in [0.717, 1.165) is 111 Å². The summed E-state index contributed by atoms with van der Waals surface area (Å²) in [6.07, 6.45) is 0. The Bertz CT molecular complexity index is 8070. The van der Waals surface area contributed by atoms with Crippen molar-refractivity contribution in [2.24, 2.45) is 0 Å². The van der Waals surface area contributed by atoms with Crippen molar-refractivity contribution < 1.29 is 8.83 Å². The normalized spacial score (nSPS) is 12.1. The number of nitrogens with zero attached hydrogens (tertiary/aromatic N) is 4. The molecule has 17 aromatic carbocycles. The Morgan fingerprint density at radius 3 is 0.643 bits per heavy atom. The van der Waals surface area contributed by atoms with Gasteiger partial charge in [0.25, 0.3) is 0 Å². The van der Waals surface area contributed by atoms with Crippen LogP contribution < -0.4 is 49.2 Å². The third kappa shape index (κ3) is 12.3. The van der Waals surface area contributed by atoms with E-state index >= 15 is 0 Å². The van der Waals surface area contributed by atoms with Gasteiger partial charge in [-0.1, -0.05) is 319 Å². The molecule has 6 aromatic heterocycles. The molecule has 129 heavy (non-hydrogen) atoms. The topological polar surface area (TPSA) is 46.0 Å². The molecule has 0 bridgehead atoms. The van der Waals surface area contributed by atoms with E-state index in [1.807, 2.05) is 0 Å². The molecule has 6 nitrogen and oxygen atoms in total. The third-order valence-corrected chi connectivity index (χ3v) is 29.0. The molecular weight excluding hydrogens is 1560 g/mol. The first kappa shape index (κ1) is 79.4. The van der Waals surface area contributed by atoms with Crippen LogP contribution in [0.3, 0.4) is 0 Å². The molecule has 0 saturated heterocycles. The highest BCUT2D eigenvalue weighted by Crippen LogP contribution is 2.47. The van der Waals surface area contributed by atoms with E-state index in [-0.39, 0.29) is 20.1 Å². The zero-order valence-electron chi connectivity index (χ0n) is 77.0. The van der Waals surface area contributed by atoms with Crippen molar-refractivity contribution in [1.82, 2.24) is 18.3 Å². The Labute approximate surface area is 754 Å². The average molecular weight is 1660 g/mol. The zero-order chi connectivity index (χ0) is 88.4. The van der Waals surface area contributed by atoms with Crippen molar-refractivity contribution >= 4 is 200 Å². The number of hydrogen-bond donors (Lipinski definition) is 0. The predicted molar refractivity (Wildman–Crippen MR) is 556 cm³/mol. The maximum atomic E-state index is 6.89. The minimum absolute atomic E-state index is 0.0124. The first-order valence-electron chi connectivity index (χ1n) is 45.8. The molecule has 6 heterocycles. The van der Waals surface area contributed by atoms with Gasteiger partial charge < -0.3 is 27.1 Å². The molecule has 0 spiro atoms. The van der Waals surface area contributed by atoms with Crippen LogP contribution >= 0.6 is 0 Å². The van der Waals surface area contributed by atoms with Gasteiger partial charge in [0.1, 0.15) is 22.3 Å². The summed E-state index contributed by atoms with van der Waals surface area (Å²) in [7, 11) is 0. The molecule has 0 saturated carbocycles. The molecule has 23 aromatic rings. The minimum Gasteiger partial charge on any atom is -0.456 e. The van der Waals surface area contributed by atoms with E-state index in [0.29, 0.717) is 0 Å². The van der Waals surface area contributed by atoms with Gasteiger partial charge in [-0.05, 0) is 240 Å². The van der Waals surface area contributed by atoms with Crippen LogP contribution in [-0.4, -0.2) is 38.4 Å². The van der Waals surface area contributed by atoms with Crippen molar-refractivity contribution in [2.75, 3.05) is 0 Å². The molecular formula is C120H101B3N4O2. The zero-order valence-corrected chi connectivity index (χ0v) is 77.0. The second-order valence-corrected chi connectivity index (χ2v) is 38.2. The van der Waals surface area contributed by atoms with Crippen LogP contribution in [0.15, 0.2) is 294 Å². The monoisotopic (exact) mass is 1660 g/mol. The number of benzene rings is 17. The SMILES string of the molecule is Cc1cc(C)c(B(c2cc(-n3c4ccccc4c4c5c6ccccc6n(-c6ccc7oc8ccc(B(c9c(C)cc(C)cc9C)c9c(C)cc(C)cc9C)cc8c7c6)c5ccc43)cc(-n3c4ccccc4c4c5c6ccccc6n(-c6ccc7oc8ccc(B(c9c(C)cc(C)cc9C)c9c(C)cc(C)cc9C)cc8c7c6)c5ccc43)c2)c2c(C)cc(C)cc2C)c(C)c1. The first-order valence-corrected chi connectivity index (χ1v) is 45.8. The molecule has 0 unspecified atom stereocenters. The largest absolute Gasteiger partial charge is 0.456 e. The molecule has 0 fully saturated rings. The maximum Gasteiger partial charge on any atom is 0.242 e. The van der Waals surface area contributed by atoms with Crippen LogP contribution in [0, 0.1) is 125 Å². The van der Waals surface area contributed by atoms with E-state index in [1.54, 1.807) is 0 Å². The Hall–Kier alpha value is -14.3. The number of aryl methyl sites for hydroxylation is 18.